The molecule has 3 heterocycles. The monoisotopic (exact) mass is 963 g/mol. The van der Waals surface area contributed by atoms with Crippen molar-refractivity contribution in [1.29, 1.82) is 0 Å². The number of β-amino-alcohol motifs (C(OH)–C–C–N with tert-alkyl or cyclic N) is 1. The number of benzene rings is 1. The predicted molar refractivity (Wildman–Crippen MR) is 251 cm³/mol. The van der Waals surface area contributed by atoms with Gasteiger partial charge in [-0.15, -0.1) is 0 Å². The standard InChI is InChI=1S/C51H82N2O15/c1-12-40(57)65-39-28-42(59)62-32(4)22-25-53(24-18-17-21-36-19-15-14-16-20-36)30-38(56)31(3)27-37(23-26-54)44(48(39)61-11)49-46(60)45(52(9)10)47(33(5)64-49)67-43-29-51(8,68-35(7)55)50(34(6)63-43)66-41(58)13-2/h14-16,19-20,26,31-34,37-39,43-50,56,60H,12-13,17-18,21-25,27-30H2,1-11H3/t31-,32-,33-,34+,37+,38+,39-,43+,44+,45-,46-,47-,48-,49+,50+,51-/m1/s1. The highest BCUT2D eigenvalue weighted by molar-refractivity contribution is 5.73. The van der Waals surface area contributed by atoms with Gasteiger partial charge in [-0.3, -0.25) is 19.2 Å². The van der Waals surface area contributed by atoms with E-state index in [0.29, 0.717) is 32.5 Å². The van der Waals surface area contributed by atoms with Gasteiger partial charge >= 0.3 is 23.9 Å². The molecule has 16 atom stereocenters. The molecular formula is C51H82N2O15. The van der Waals surface area contributed by atoms with E-state index < -0.39 is 115 Å². The van der Waals surface area contributed by atoms with Gasteiger partial charge in [-0.1, -0.05) is 51.1 Å². The van der Waals surface area contributed by atoms with Gasteiger partial charge < -0.3 is 62.7 Å². The summed E-state index contributed by atoms with van der Waals surface area (Å²) < 4.78 is 49.6. The number of carbonyl (C=O) groups is 5. The lowest BCUT2D eigenvalue weighted by atomic mass is 9.71. The van der Waals surface area contributed by atoms with Crippen LogP contribution in [0.25, 0.3) is 0 Å². The number of aryl methyl sites for hydroxylation is 1. The van der Waals surface area contributed by atoms with Gasteiger partial charge in [-0.05, 0) is 97.8 Å². The van der Waals surface area contributed by atoms with Crippen LogP contribution in [0, 0.1) is 17.8 Å². The normalized spacial score (nSPS) is 35.9. The van der Waals surface area contributed by atoms with E-state index >= 15 is 0 Å². The van der Waals surface area contributed by atoms with Crippen molar-refractivity contribution in [3.05, 3.63) is 35.9 Å². The maximum absolute atomic E-state index is 13.9. The zero-order valence-corrected chi connectivity index (χ0v) is 42.4. The largest absolute Gasteiger partial charge is 0.463 e. The zero-order chi connectivity index (χ0) is 50.3. The fourth-order valence-electron chi connectivity index (χ4n) is 10.4. The first kappa shape index (κ1) is 57.0. The van der Waals surface area contributed by atoms with Gasteiger partial charge in [0.1, 0.15) is 30.7 Å². The number of cyclic esters (lactones) is 1. The molecule has 0 aromatic heterocycles. The second-order valence-electron chi connectivity index (χ2n) is 19.6. The van der Waals surface area contributed by atoms with Gasteiger partial charge in [0.2, 0.25) is 0 Å². The molecule has 17 heteroatoms. The number of nitrogens with zero attached hydrogens (tertiary/aromatic N) is 2. The minimum Gasteiger partial charge on any atom is -0.463 e. The minimum atomic E-state index is -1.34. The number of ether oxygens (including phenoxy) is 8. The molecule has 17 nitrogen and oxygen atoms in total. The van der Waals surface area contributed by atoms with Crippen LogP contribution in [0.15, 0.2) is 30.3 Å². The molecule has 3 saturated heterocycles. The molecule has 0 radical (unpaired) electrons. The summed E-state index contributed by atoms with van der Waals surface area (Å²) in [5.74, 6) is -4.13. The number of aldehydes is 1. The summed E-state index contributed by atoms with van der Waals surface area (Å²) in [7, 11) is 5.00. The highest BCUT2D eigenvalue weighted by Crippen LogP contribution is 2.43. The highest BCUT2D eigenvalue weighted by atomic mass is 16.7. The molecule has 0 saturated carbocycles. The lowest BCUT2D eigenvalue weighted by Gasteiger charge is -2.53. The molecule has 0 bridgehead atoms. The Bertz CT molecular complexity index is 1740. The summed E-state index contributed by atoms with van der Waals surface area (Å²) in [6.45, 7) is 15.1. The fourth-order valence-corrected chi connectivity index (χ4v) is 10.4. The van der Waals surface area contributed by atoms with Gasteiger partial charge in [0.25, 0.3) is 0 Å². The Morgan fingerprint density at radius 1 is 0.956 bits per heavy atom. The van der Waals surface area contributed by atoms with Gasteiger partial charge in [0.05, 0.1) is 43.0 Å². The van der Waals surface area contributed by atoms with E-state index in [4.69, 9.17) is 37.9 Å². The molecule has 0 spiro atoms. The quantitative estimate of drug-likeness (QED) is 0.0929. The number of hydrogen-bond acceptors (Lipinski definition) is 17. The third kappa shape index (κ3) is 16.0. The first-order valence-electron chi connectivity index (χ1n) is 24.7. The number of carbonyl (C=O) groups excluding carboxylic acids is 5. The molecule has 3 aliphatic rings. The Kier molecular flexibility index (Phi) is 22.8. The molecule has 3 aliphatic heterocycles. The van der Waals surface area contributed by atoms with E-state index in [1.54, 1.807) is 48.7 Å². The van der Waals surface area contributed by atoms with Crippen molar-refractivity contribution in [2.45, 2.75) is 199 Å². The second-order valence-corrected chi connectivity index (χ2v) is 19.6. The average molecular weight is 963 g/mol. The van der Waals surface area contributed by atoms with Crippen molar-refractivity contribution < 1.29 is 72.1 Å². The predicted octanol–water partition coefficient (Wildman–Crippen LogP) is 4.82. The Balaban J connectivity index is 1.72. The van der Waals surface area contributed by atoms with Crippen LogP contribution in [0.1, 0.15) is 119 Å². The van der Waals surface area contributed by atoms with Crippen molar-refractivity contribution in [2.24, 2.45) is 17.8 Å². The third-order valence-corrected chi connectivity index (χ3v) is 13.9. The molecule has 1 aromatic carbocycles. The number of unbranched alkanes of at least 4 members (excludes halogenated alkanes) is 1. The first-order valence-corrected chi connectivity index (χ1v) is 24.7. The number of esters is 4. The number of hydrogen-bond donors (Lipinski definition) is 2. The van der Waals surface area contributed by atoms with Crippen LogP contribution in [0.5, 0.6) is 0 Å². The SMILES string of the molecule is CCC(=O)O[C@@H]1CC(=O)O[C@H](C)CCN(CCCCc2ccccc2)C[C@H](O)[C@H](C)C[C@H](CC=O)[C@H]([C@@H]2O[C@H](C)[C@@H](O[C@H]3C[C@@](C)(OC(C)=O)[C@@H](OC(=O)CC)[C@H](C)O3)[C@H](N(C)C)[C@H]2O)[C@@H]1OC. The zero-order valence-electron chi connectivity index (χ0n) is 42.4. The molecule has 3 fully saturated rings. The summed E-state index contributed by atoms with van der Waals surface area (Å²) in [5.41, 5.74) is -0.0639. The van der Waals surface area contributed by atoms with E-state index in [-0.39, 0.29) is 38.0 Å². The van der Waals surface area contributed by atoms with Gasteiger partial charge in [-0.25, -0.2) is 0 Å². The molecular weight excluding hydrogens is 881 g/mol. The maximum Gasteiger partial charge on any atom is 0.309 e. The number of aliphatic hydroxyl groups is 2. The molecule has 68 heavy (non-hydrogen) atoms. The van der Waals surface area contributed by atoms with E-state index in [1.165, 1.54) is 19.6 Å². The van der Waals surface area contributed by atoms with Crippen molar-refractivity contribution in [1.82, 2.24) is 9.80 Å². The third-order valence-electron chi connectivity index (χ3n) is 13.9. The van der Waals surface area contributed by atoms with Crippen molar-refractivity contribution in [2.75, 3.05) is 40.8 Å². The van der Waals surface area contributed by atoms with E-state index in [0.717, 1.165) is 25.5 Å². The van der Waals surface area contributed by atoms with Crippen molar-refractivity contribution in [3.63, 3.8) is 0 Å². The Labute approximate surface area is 404 Å². The van der Waals surface area contributed by atoms with Crippen LogP contribution in [-0.2, 0) is 68.3 Å². The van der Waals surface area contributed by atoms with Gasteiger partial charge in [-0.2, -0.15) is 0 Å². The van der Waals surface area contributed by atoms with Gasteiger partial charge in [0.15, 0.2) is 18.0 Å². The molecule has 0 amide bonds. The van der Waals surface area contributed by atoms with Crippen molar-refractivity contribution >= 4 is 30.2 Å². The summed E-state index contributed by atoms with van der Waals surface area (Å²) in [5, 5.41) is 24.7. The molecule has 0 unspecified atom stereocenters. The van der Waals surface area contributed by atoms with Crippen LogP contribution in [-0.4, -0.2) is 170 Å². The highest BCUT2D eigenvalue weighted by Gasteiger charge is 2.56. The van der Waals surface area contributed by atoms with Crippen LogP contribution in [0.4, 0.5) is 0 Å². The van der Waals surface area contributed by atoms with Crippen LogP contribution in [0.2, 0.25) is 0 Å². The molecule has 4 rings (SSSR count). The first-order chi connectivity index (χ1) is 32.2. The van der Waals surface area contributed by atoms with E-state index in [2.05, 4.69) is 17.0 Å². The molecule has 1 aromatic rings. The lowest BCUT2D eigenvalue weighted by molar-refractivity contribution is -0.319. The summed E-state index contributed by atoms with van der Waals surface area (Å²) >= 11 is 0. The summed E-state index contributed by atoms with van der Waals surface area (Å²) in [6, 6.07) is 9.50. The Hall–Kier alpha value is -3.55. The molecule has 0 aliphatic carbocycles. The maximum atomic E-state index is 13.9. The molecule has 2 N–H and O–H groups in total. The number of aliphatic hydroxyl groups excluding tert-OH is 2. The van der Waals surface area contributed by atoms with Crippen LogP contribution in [0.3, 0.4) is 0 Å². The summed E-state index contributed by atoms with van der Waals surface area (Å²) in [6.07, 6.45) is -6.31. The summed E-state index contributed by atoms with van der Waals surface area (Å²) in [4.78, 5) is 68.7. The topological polar surface area (TPSA) is 206 Å². The van der Waals surface area contributed by atoms with Crippen LogP contribution >= 0.6 is 0 Å². The Morgan fingerprint density at radius 3 is 2.25 bits per heavy atom. The van der Waals surface area contributed by atoms with E-state index in [1.807, 2.05) is 36.9 Å². The van der Waals surface area contributed by atoms with Crippen LogP contribution < -0.4 is 0 Å². The Morgan fingerprint density at radius 2 is 1.63 bits per heavy atom. The number of methoxy groups -OCH3 is 1. The minimum absolute atomic E-state index is 0.00662. The smallest absolute Gasteiger partial charge is 0.309 e. The second kappa shape index (κ2) is 27.2. The number of likely N-dealkylation sites (N-methyl/N-ethyl adjacent to an activating group) is 1. The van der Waals surface area contributed by atoms with E-state index in [9.17, 15) is 34.2 Å². The number of rotatable bonds is 17. The molecule has 386 valence electrons. The fraction of sp³-hybridized carbons (Fsp3) is 0.784. The average Bonchev–Trinajstić information content (AvgIpc) is 3.27. The van der Waals surface area contributed by atoms with Crippen molar-refractivity contribution in [3.8, 4) is 0 Å². The van der Waals surface area contributed by atoms with Gasteiger partial charge in [0, 0.05) is 58.7 Å². The lowest BCUT2D eigenvalue weighted by Crippen LogP contribution is -2.67.